The number of para-hydroxylation sites is 2. The minimum absolute atomic E-state index is 0.0929. The number of carboxylic acid groups (broad SMARTS) is 1. The third kappa shape index (κ3) is 3.98. The van der Waals surface area contributed by atoms with Gasteiger partial charge in [-0.15, -0.1) is 0 Å². The van der Waals surface area contributed by atoms with E-state index in [4.69, 9.17) is 4.74 Å². The fourth-order valence-electron chi connectivity index (χ4n) is 2.81. The molecule has 6 nitrogen and oxygen atoms in total. The lowest BCUT2D eigenvalue weighted by Gasteiger charge is -2.21. The molecule has 1 heterocycles. The Morgan fingerprint density at radius 2 is 1.81 bits per heavy atom. The fraction of sp³-hybridized carbons (Fsp3) is 0.200. The number of fused-ring (bicyclic) bond motifs is 1. The maximum Gasteiger partial charge on any atom is 0.412 e. The molecule has 3 rings (SSSR count). The van der Waals surface area contributed by atoms with Gasteiger partial charge in [0.15, 0.2) is 0 Å². The number of hydrogen-bond acceptors (Lipinski definition) is 3. The number of carboxylic acids is 1. The number of amides is 1. The normalized spacial score (nSPS) is 11.4. The first kappa shape index (κ1) is 19.0. The molecule has 2 N–H and O–H groups in total. The van der Waals surface area contributed by atoms with Crippen molar-refractivity contribution in [2.24, 2.45) is 0 Å². The summed E-state index contributed by atoms with van der Waals surface area (Å²) in [5, 5.41) is 13.2. The number of rotatable bonds is 3. The number of benzene rings is 2. The van der Waals surface area contributed by atoms with Crippen molar-refractivity contribution in [3.8, 4) is 5.69 Å². The van der Waals surface area contributed by atoms with Crippen molar-refractivity contribution >= 4 is 44.6 Å². The number of nitrogens with zero attached hydrogens (tertiary/aromatic N) is 1. The Hall–Kier alpha value is -2.80. The summed E-state index contributed by atoms with van der Waals surface area (Å²) in [7, 11) is 0. The number of carbonyl (C=O) groups excluding carboxylic acids is 1. The molecule has 7 heteroatoms. The molecular weight excluding hydrogens is 412 g/mol. The van der Waals surface area contributed by atoms with Crippen molar-refractivity contribution < 1.29 is 19.4 Å². The van der Waals surface area contributed by atoms with Crippen LogP contribution in [0.3, 0.4) is 0 Å². The van der Waals surface area contributed by atoms with Gasteiger partial charge in [0.2, 0.25) is 0 Å². The predicted octanol–water partition coefficient (Wildman–Crippen LogP) is 5.44. The number of ether oxygens (including phenoxy) is 1. The highest BCUT2D eigenvalue weighted by Gasteiger charge is 2.22. The molecule has 3 aromatic rings. The molecule has 0 saturated heterocycles. The van der Waals surface area contributed by atoms with Crippen molar-refractivity contribution in [2.75, 3.05) is 5.32 Å². The summed E-state index contributed by atoms with van der Waals surface area (Å²) in [4.78, 5) is 24.1. The van der Waals surface area contributed by atoms with Crippen LogP contribution in [0.15, 0.2) is 53.0 Å². The molecular formula is C20H19BrN2O4. The van der Waals surface area contributed by atoms with Gasteiger partial charge >= 0.3 is 12.1 Å². The van der Waals surface area contributed by atoms with E-state index in [-0.39, 0.29) is 5.69 Å². The van der Waals surface area contributed by atoms with Crippen LogP contribution in [0.1, 0.15) is 31.3 Å². The monoisotopic (exact) mass is 430 g/mol. The molecule has 0 atom stereocenters. The van der Waals surface area contributed by atoms with Crippen LogP contribution in [0.25, 0.3) is 16.6 Å². The van der Waals surface area contributed by atoms with Crippen LogP contribution < -0.4 is 5.32 Å². The summed E-state index contributed by atoms with van der Waals surface area (Å²) >= 11 is 3.48. The Kier molecular flexibility index (Phi) is 4.97. The second-order valence-electron chi connectivity index (χ2n) is 6.99. The molecule has 0 radical (unpaired) electrons. The first-order valence-corrected chi connectivity index (χ1v) is 9.09. The molecule has 0 aliphatic rings. The van der Waals surface area contributed by atoms with E-state index in [1.54, 1.807) is 49.6 Å². The van der Waals surface area contributed by atoms with E-state index in [9.17, 15) is 14.7 Å². The summed E-state index contributed by atoms with van der Waals surface area (Å²) in [6.45, 7) is 5.32. The highest BCUT2D eigenvalue weighted by molar-refractivity contribution is 9.10. The molecule has 1 amide bonds. The number of halogens is 1. The van der Waals surface area contributed by atoms with Crippen molar-refractivity contribution in [1.29, 1.82) is 0 Å². The van der Waals surface area contributed by atoms with E-state index >= 15 is 0 Å². The second kappa shape index (κ2) is 7.08. The number of carbonyl (C=O) groups is 2. The fourth-order valence-corrected chi connectivity index (χ4v) is 3.35. The summed E-state index contributed by atoms with van der Waals surface area (Å²) in [6.07, 6.45) is -0.616. The van der Waals surface area contributed by atoms with Gasteiger partial charge in [-0.2, -0.15) is 0 Å². The summed E-state index contributed by atoms with van der Waals surface area (Å²) in [6, 6.07) is 14.2. The molecule has 0 unspecified atom stereocenters. The number of nitrogens with one attached hydrogen (secondary N) is 1. The van der Waals surface area contributed by atoms with Gasteiger partial charge in [-0.1, -0.05) is 24.3 Å². The van der Waals surface area contributed by atoms with Gasteiger partial charge < -0.3 is 14.4 Å². The number of aromatic carboxylic acids is 1. The van der Waals surface area contributed by atoms with Crippen molar-refractivity contribution in [1.82, 2.24) is 4.57 Å². The minimum atomic E-state index is -1.06. The third-order valence-corrected chi connectivity index (χ3v) is 4.42. The van der Waals surface area contributed by atoms with Gasteiger partial charge in [-0.25, -0.2) is 9.59 Å². The lowest BCUT2D eigenvalue weighted by atomic mass is 10.2. The molecule has 1 aromatic heterocycles. The minimum Gasteiger partial charge on any atom is -0.477 e. The molecule has 0 spiro atoms. The Morgan fingerprint density at radius 1 is 1.11 bits per heavy atom. The van der Waals surface area contributed by atoms with Crippen LogP contribution in [-0.4, -0.2) is 27.3 Å². The predicted molar refractivity (Wildman–Crippen MR) is 108 cm³/mol. The van der Waals surface area contributed by atoms with Crippen LogP contribution in [0, 0.1) is 0 Å². The van der Waals surface area contributed by atoms with Gasteiger partial charge in [0.1, 0.15) is 11.3 Å². The van der Waals surface area contributed by atoms with E-state index in [2.05, 4.69) is 21.2 Å². The maximum atomic E-state index is 12.3. The third-order valence-electron chi connectivity index (χ3n) is 3.78. The highest BCUT2D eigenvalue weighted by Crippen LogP contribution is 2.34. The van der Waals surface area contributed by atoms with Crippen molar-refractivity contribution in [2.45, 2.75) is 26.4 Å². The van der Waals surface area contributed by atoms with Gasteiger partial charge in [0.05, 0.1) is 16.9 Å². The summed E-state index contributed by atoms with van der Waals surface area (Å²) < 4.78 is 7.57. The summed E-state index contributed by atoms with van der Waals surface area (Å²) in [5.41, 5.74) is 1.11. The van der Waals surface area contributed by atoms with Crippen LogP contribution in [0.4, 0.5) is 10.5 Å². The molecule has 0 fully saturated rings. The van der Waals surface area contributed by atoms with Crippen molar-refractivity contribution in [3.63, 3.8) is 0 Å². The van der Waals surface area contributed by atoms with Gasteiger partial charge in [-0.3, -0.25) is 5.32 Å². The maximum absolute atomic E-state index is 12.3. The molecule has 2 aromatic carbocycles. The zero-order valence-corrected chi connectivity index (χ0v) is 16.7. The van der Waals surface area contributed by atoms with Gasteiger partial charge in [-0.05, 0) is 61.0 Å². The molecule has 27 heavy (non-hydrogen) atoms. The number of hydrogen-bond donors (Lipinski definition) is 2. The molecule has 0 saturated carbocycles. The largest absolute Gasteiger partial charge is 0.477 e. The molecule has 140 valence electrons. The Bertz CT molecular complexity index is 1030. The Morgan fingerprint density at radius 3 is 2.48 bits per heavy atom. The van der Waals surface area contributed by atoms with E-state index in [0.29, 0.717) is 21.4 Å². The van der Waals surface area contributed by atoms with E-state index in [0.717, 1.165) is 5.39 Å². The van der Waals surface area contributed by atoms with Crippen LogP contribution in [0.5, 0.6) is 0 Å². The number of aromatic nitrogens is 1. The lowest BCUT2D eigenvalue weighted by Crippen LogP contribution is -2.27. The average molecular weight is 431 g/mol. The first-order chi connectivity index (χ1) is 12.7. The van der Waals surface area contributed by atoms with Crippen LogP contribution in [-0.2, 0) is 4.74 Å². The topological polar surface area (TPSA) is 80.6 Å². The second-order valence-corrected chi connectivity index (χ2v) is 7.85. The SMILES string of the molecule is CC(C)(C)OC(=O)Nc1cccc(Br)c1-n1c(C(=O)O)cc2ccccc21. The average Bonchev–Trinajstić information content (AvgIpc) is 2.93. The smallest absolute Gasteiger partial charge is 0.412 e. The zero-order valence-electron chi connectivity index (χ0n) is 15.1. The van der Waals surface area contributed by atoms with Crippen LogP contribution in [0.2, 0.25) is 0 Å². The lowest BCUT2D eigenvalue weighted by molar-refractivity contribution is 0.0634. The van der Waals surface area contributed by atoms with Crippen molar-refractivity contribution in [3.05, 3.63) is 58.7 Å². The van der Waals surface area contributed by atoms with Gasteiger partial charge in [0, 0.05) is 9.86 Å². The highest BCUT2D eigenvalue weighted by atomic mass is 79.9. The quantitative estimate of drug-likeness (QED) is 0.579. The Balaban J connectivity index is 2.18. The standard InChI is InChI=1S/C20H19BrN2O4/c1-20(2,3)27-19(26)22-14-9-6-8-13(21)17(14)23-15-10-5-4-7-12(15)11-16(23)18(24)25/h4-11H,1-3H3,(H,22,26)(H,24,25). The molecule has 0 aliphatic carbocycles. The first-order valence-electron chi connectivity index (χ1n) is 8.30. The summed E-state index contributed by atoms with van der Waals surface area (Å²) in [5.74, 6) is -1.06. The van der Waals surface area contributed by atoms with E-state index in [1.807, 2.05) is 24.3 Å². The van der Waals surface area contributed by atoms with E-state index in [1.165, 1.54) is 0 Å². The Labute approximate surface area is 164 Å². The zero-order chi connectivity index (χ0) is 19.8. The van der Waals surface area contributed by atoms with Gasteiger partial charge in [0.25, 0.3) is 0 Å². The van der Waals surface area contributed by atoms with Crippen LogP contribution >= 0.6 is 15.9 Å². The number of anilines is 1. The molecule has 0 bridgehead atoms. The van der Waals surface area contributed by atoms with E-state index < -0.39 is 17.7 Å². The molecule has 0 aliphatic heterocycles.